The number of carboxylic acid groups (broad SMARTS) is 1. The Bertz CT molecular complexity index is 2070. The van der Waals surface area contributed by atoms with Crippen LogP contribution >= 0.6 is 0 Å². The molecule has 0 aromatic carbocycles. The Labute approximate surface area is 473 Å². The lowest BCUT2D eigenvalue weighted by molar-refractivity contribution is -0.396. The van der Waals surface area contributed by atoms with Gasteiger partial charge >= 0.3 is 11.9 Å². The molecule has 21 N–H and O–H groups in total. The quantitative estimate of drug-likeness (QED) is 0.0854. The molecule has 0 spiro atoms. The molecule has 0 aromatic heterocycles. The van der Waals surface area contributed by atoms with Gasteiger partial charge in [-0.05, 0) is 0 Å². The average molecular weight is 1240 g/mol. The van der Waals surface area contributed by atoms with E-state index in [1.165, 1.54) is 0 Å². The zero-order valence-corrected chi connectivity index (χ0v) is 43.9. The van der Waals surface area contributed by atoms with Crippen molar-refractivity contribution >= 4 is 11.9 Å². The van der Waals surface area contributed by atoms with Crippen molar-refractivity contribution in [2.45, 2.75) is 228 Å². The van der Waals surface area contributed by atoms with E-state index in [2.05, 4.69) is 0 Å². The maximum atomic E-state index is 12.6. The monoisotopic (exact) mass is 1230 g/mol. The molecule has 35 atom stereocenters. The van der Waals surface area contributed by atoms with Crippen LogP contribution in [0, 0.1) is 0 Å². The van der Waals surface area contributed by atoms with Crippen LogP contribution < -0.4 is 0 Å². The van der Waals surface area contributed by atoms with Crippen molar-refractivity contribution in [1.29, 1.82) is 0 Å². The van der Waals surface area contributed by atoms with Crippen LogP contribution in [-0.2, 0) is 80.6 Å². The van der Waals surface area contributed by atoms with Crippen LogP contribution in [0.4, 0.5) is 0 Å². The molecule has 486 valence electrons. The van der Waals surface area contributed by atoms with Gasteiger partial charge < -0.3 is 178 Å². The Morgan fingerprint density at radius 3 is 0.619 bits per heavy atom. The normalized spacial score (nSPS) is 51.6. The third kappa shape index (κ3) is 14.0. The predicted molar refractivity (Wildman–Crippen MR) is 249 cm³/mol. The molecule has 21 rings (SSSR count). The molecule has 21 aliphatic heterocycles. The van der Waals surface area contributed by atoms with E-state index >= 15 is 0 Å². The first-order valence-corrected chi connectivity index (χ1v) is 26.6. The highest BCUT2D eigenvalue weighted by Crippen LogP contribution is 2.39. The molecule has 84 heavy (non-hydrogen) atoms. The van der Waals surface area contributed by atoms with Gasteiger partial charge in [0.25, 0.3) is 0 Å². The van der Waals surface area contributed by atoms with Gasteiger partial charge in [-0.1, -0.05) is 0 Å². The number of carbonyl (C=O) groups is 2. The van der Waals surface area contributed by atoms with Gasteiger partial charge in [0.1, 0.15) is 178 Å². The number of ether oxygens (including phenoxy) is 15. The van der Waals surface area contributed by atoms with E-state index in [-0.39, 0.29) is 0 Å². The zero-order valence-electron chi connectivity index (χ0n) is 43.9. The Kier molecular flexibility index (Phi) is 23.3. The van der Waals surface area contributed by atoms with E-state index in [0.29, 0.717) is 0 Å². The smallest absolute Gasteiger partial charge is 0.306 e. The molecular weight excluding hydrogens is 1160 g/mol. The Balaban J connectivity index is 1.10. The molecule has 0 radical (unpaired) electrons. The van der Waals surface area contributed by atoms with Crippen molar-refractivity contribution in [2.75, 3.05) is 46.2 Å². The molecule has 0 aliphatic carbocycles. The average Bonchev–Trinajstić information content (AvgIpc) is 2.86. The zero-order chi connectivity index (χ0) is 61.3. The minimum Gasteiger partial charge on any atom is -0.481 e. The van der Waals surface area contributed by atoms with Crippen molar-refractivity contribution < 1.29 is 188 Å². The maximum absolute atomic E-state index is 12.6. The number of esters is 1. The number of hydrogen-bond donors (Lipinski definition) is 21. The summed E-state index contributed by atoms with van der Waals surface area (Å²) >= 11 is 0. The van der Waals surface area contributed by atoms with E-state index in [1.807, 2.05) is 0 Å². The van der Waals surface area contributed by atoms with Gasteiger partial charge in [-0.3, -0.25) is 9.59 Å². The fourth-order valence-electron chi connectivity index (χ4n) is 10.9. The second-order valence-electron chi connectivity index (χ2n) is 21.0. The molecule has 0 aromatic rings. The summed E-state index contributed by atoms with van der Waals surface area (Å²) in [4.78, 5) is 23.8. The molecule has 0 amide bonds. The van der Waals surface area contributed by atoms with Gasteiger partial charge in [0.15, 0.2) is 44.0 Å². The number of carboxylic acids is 1. The van der Waals surface area contributed by atoms with Crippen LogP contribution in [0.2, 0.25) is 0 Å². The fraction of sp³-hybridized carbons (Fsp3) is 0.957. The largest absolute Gasteiger partial charge is 0.481 e. The number of aliphatic carboxylic acids is 1. The van der Waals surface area contributed by atoms with Crippen LogP contribution in [0.25, 0.3) is 0 Å². The third-order valence-corrected chi connectivity index (χ3v) is 15.6. The summed E-state index contributed by atoms with van der Waals surface area (Å²) in [5.41, 5.74) is 0. The minimum atomic E-state index is -2.33. The van der Waals surface area contributed by atoms with E-state index < -0.39 is 286 Å². The summed E-state index contributed by atoms with van der Waals surface area (Å²) < 4.78 is 85.2. The van der Waals surface area contributed by atoms with Crippen molar-refractivity contribution in [3.63, 3.8) is 0 Å². The van der Waals surface area contributed by atoms with Gasteiger partial charge in [0.05, 0.1) is 52.5 Å². The van der Waals surface area contributed by atoms with Gasteiger partial charge in [-0.2, -0.15) is 0 Å². The summed E-state index contributed by atoms with van der Waals surface area (Å²) in [6.07, 6.45) is -74.0. The lowest BCUT2D eigenvalue weighted by atomic mass is 9.95. The van der Waals surface area contributed by atoms with Crippen LogP contribution in [0.3, 0.4) is 0 Å². The van der Waals surface area contributed by atoms with Crippen LogP contribution in [0.15, 0.2) is 0 Å². The van der Waals surface area contributed by atoms with Gasteiger partial charge in [0, 0.05) is 0 Å². The molecule has 14 bridgehead atoms. The summed E-state index contributed by atoms with van der Waals surface area (Å²) in [6, 6.07) is 0. The molecule has 38 nitrogen and oxygen atoms in total. The van der Waals surface area contributed by atoms with Crippen molar-refractivity contribution in [1.82, 2.24) is 0 Å². The van der Waals surface area contributed by atoms with Crippen LogP contribution in [0.5, 0.6) is 0 Å². The topological polar surface area (TPSA) is 597 Å². The number of aliphatic hydroxyl groups is 20. The first kappa shape index (κ1) is 67.5. The molecular formula is C46H74O38. The van der Waals surface area contributed by atoms with Crippen molar-refractivity contribution in [3.05, 3.63) is 0 Å². The lowest BCUT2D eigenvalue weighted by Crippen LogP contribution is -2.68. The first-order valence-electron chi connectivity index (χ1n) is 26.6. The molecule has 0 saturated carbocycles. The fourth-order valence-corrected chi connectivity index (χ4v) is 10.9. The Hall–Kier alpha value is -2.42. The highest BCUT2D eigenvalue weighted by atomic mass is 16.8. The van der Waals surface area contributed by atoms with Gasteiger partial charge in [-0.15, -0.1) is 0 Å². The molecule has 21 heterocycles. The number of hydrogen-bond acceptors (Lipinski definition) is 37. The lowest BCUT2D eigenvalue weighted by Gasteiger charge is -2.50. The second kappa shape index (κ2) is 29.0. The second-order valence-corrected chi connectivity index (χ2v) is 21.0. The van der Waals surface area contributed by atoms with Crippen molar-refractivity contribution in [3.8, 4) is 0 Å². The van der Waals surface area contributed by atoms with Crippen molar-refractivity contribution in [2.24, 2.45) is 0 Å². The molecule has 21 aliphatic rings. The highest BCUT2D eigenvalue weighted by molar-refractivity contribution is 5.76. The van der Waals surface area contributed by atoms with E-state index in [4.69, 9.17) is 76.2 Å². The minimum absolute atomic E-state index is 0.709. The molecule has 0 unspecified atom stereocenters. The van der Waals surface area contributed by atoms with Crippen LogP contribution in [0.1, 0.15) is 12.8 Å². The summed E-state index contributed by atoms with van der Waals surface area (Å²) in [5, 5.41) is 231. The molecule has 21 saturated heterocycles. The summed E-state index contributed by atoms with van der Waals surface area (Å²) in [7, 11) is 0. The van der Waals surface area contributed by atoms with Crippen LogP contribution in [-0.4, -0.2) is 380 Å². The Morgan fingerprint density at radius 2 is 0.440 bits per heavy atom. The number of aliphatic hydroxyl groups excluding tert-OH is 20. The van der Waals surface area contributed by atoms with Gasteiger partial charge in [0.2, 0.25) is 0 Å². The summed E-state index contributed by atoms with van der Waals surface area (Å²) in [6.45, 7) is -7.53. The van der Waals surface area contributed by atoms with E-state index in [1.54, 1.807) is 0 Å². The molecule has 38 heteroatoms. The molecule has 21 fully saturated rings. The predicted octanol–water partition coefficient (Wildman–Crippen LogP) is -14.8. The van der Waals surface area contributed by atoms with E-state index in [9.17, 15) is 112 Å². The summed E-state index contributed by atoms with van der Waals surface area (Å²) in [5.74, 6) is -2.56. The SMILES string of the molecule is O=C(O)CCC(=O)OC[C@H]1O[C@@H]2O[C@H]3[C@H](O)[C@@H](O)[C@@H](O[C@H]4[C@H](O)[C@@H](O)[C@@H](O[C@H]5[C@H](O)[C@@H](O)[C@@H](O[C@H]6[C@H](O)[C@@H](O)[C@@H](O[C@H]7[C@H](O)[C@@H](O)[C@@H](O[C@H]8[C@H](O)[C@@H](O)[C@@H](O[C@H]1[C@H](O)[C@H]2O)O[C@@H]8CO)O[C@@H]7CO)O[C@@H]6CO)O[C@@H]5CO)O[C@@H]4CO)O[C@@H]3CO. The van der Waals surface area contributed by atoms with E-state index in [0.717, 1.165) is 0 Å². The number of rotatable bonds is 11. The maximum Gasteiger partial charge on any atom is 0.306 e. The standard InChI is InChI=1S/C46H74O38/c47-3-10-33-20(57)27(64)41(72-10)80-35-12(5-49)74-43(29(66)22(35)59)82-37-14(7-51)76-45(31(68)24(37)61)84-39-16(9-70-18(55)2-1-17(53)54)77-46(32(69)25(39)62)83-38-15(8-52)75-44(30(67)23(38)60)81-36-13(6-50)73-42(28(65)21(36)58)79-34-11(4-48)71-40(78-33)26(63)19(34)56/h10-16,19-52,56-69H,1-9H2,(H,53,54)/t10-,11-,12-,13-,14-,15-,16-,19-,20-,21-,22-,23-,24-,25-,26-,27-,28-,29-,30-,31-,32-,33-,34-,35-,36-,37-,38-,39-,40-,41-,42-,43-,44-,45-,46-/m1/s1. The highest BCUT2D eigenvalue weighted by Gasteiger charge is 2.59. The third-order valence-electron chi connectivity index (χ3n) is 15.6. The Morgan fingerprint density at radius 1 is 0.262 bits per heavy atom. The number of carbonyl (C=O) groups excluding carboxylic acids is 1. The van der Waals surface area contributed by atoms with Gasteiger partial charge in [-0.25, -0.2) is 0 Å². The first-order chi connectivity index (χ1) is 39.9.